The molecule has 1 heterocycles. The van der Waals surface area contributed by atoms with E-state index in [0.717, 1.165) is 10.2 Å². The number of hydrogen-bond donors (Lipinski definition) is 2. The van der Waals surface area contributed by atoms with Gasteiger partial charge in [0.25, 0.3) is 0 Å². The van der Waals surface area contributed by atoms with E-state index in [9.17, 15) is 4.79 Å². The van der Waals surface area contributed by atoms with Gasteiger partial charge in [-0.1, -0.05) is 11.6 Å². The molecular weight excluding hydrogens is 320 g/mol. The highest BCUT2D eigenvalue weighted by Crippen LogP contribution is 2.26. The molecular formula is C12H8BrClN2O2. The maximum absolute atomic E-state index is 10.7. The Kier molecular flexibility index (Phi) is 3.84. The van der Waals surface area contributed by atoms with E-state index in [1.165, 1.54) is 12.3 Å². The van der Waals surface area contributed by atoms with Crippen LogP contribution < -0.4 is 5.32 Å². The molecule has 0 aliphatic carbocycles. The standard InChI is InChI=1S/C12H8BrClN2O2/c13-9-3-2-8(5-10(9)14)16-11-4-1-7(6-15-11)12(17)18/h1-6H,(H,15,16)(H,17,18). The summed E-state index contributed by atoms with van der Waals surface area (Å²) in [5.41, 5.74) is 0.924. The molecule has 0 aliphatic rings. The fourth-order valence-electron chi connectivity index (χ4n) is 1.32. The summed E-state index contributed by atoms with van der Waals surface area (Å²) in [4.78, 5) is 14.7. The van der Waals surface area contributed by atoms with Crippen molar-refractivity contribution in [2.45, 2.75) is 0 Å². The van der Waals surface area contributed by atoms with Crippen LogP contribution in [0.5, 0.6) is 0 Å². The van der Waals surface area contributed by atoms with E-state index in [-0.39, 0.29) is 5.56 Å². The Morgan fingerprint density at radius 2 is 2.11 bits per heavy atom. The van der Waals surface area contributed by atoms with Gasteiger partial charge in [0, 0.05) is 16.4 Å². The van der Waals surface area contributed by atoms with E-state index < -0.39 is 5.97 Å². The number of halogens is 2. The molecule has 0 aliphatic heterocycles. The van der Waals surface area contributed by atoms with E-state index >= 15 is 0 Å². The number of hydrogen-bond acceptors (Lipinski definition) is 3. The number of pyridine rings is 1. The predicted octanol–water partition coefficient (Wildman–Crippen LogP) is 3.94. The first-order valence-corrected chi connectivity index (χ1v) is 6.15. The van der Waals surface area contributed by atoms with Crippen molar-refractivity contribution in [1.82, 2.24) is 4.98 Å². The number of carbonyl (C=O) groups is 1. The lowest BCUT2D eigenvalue weighted by Crippen LogP contribution is -1.99. The lowest BCUT2D eigenvalue weighted by atomic mass is 10.3. The first kappa shape index (κ1) is 12.9. The van der Waals surface area contributed by atoms with E-state index in [1.807, 2.05) is 12.1 Å². The SMILES string of the molecule is O=C(O)c1ccc(Nc2ccc(Br)c(Cl)c2)nc1. The molecule has 92 valence electrons. The summed E-state index contributed by atoms with van der Waals surface area (Å²) in [5.74, 6) is -0.445. The molecule has 4 nitrogen and oxygen atoms in total. The molecule has 1 aromatic heterocycles. The number of anilines is 2. The lowest BCUT2D eigenvalue weighted by Gasteiger charge is -2.06. The summed E-state index contributed by atoms with van der Waals surface area (Å²) in [7, 11) is 0. The third-order valence-electron chi connectivity index (χ3n) is 2.20. The van der Waals surface area contributed by atoms with Crippen LogP contribution in [0.2, 0.25) is 5.02 Å². The molecule has 6 heteroatoms. The van der Waals surface area contributed by atoms with Crippen molar-refractivity contribution in [3.8, 4) is 0 Å². The molecule has 0 fully saturated rings. The normalized spacial score (nSPS) is 10.1. The molecule has 0 atom stereocenters. The van der Waals surface area contributed by atoms with Gasteiger partial charge < -0.3 is 10.4 Å². The van der Waals surface area contributed by atoms with Crippen LogP contribution in [-0.2, 0) is 0 Å². The highest BCUT2D eigenvalue weighted by atomic mass is 79.9. The Morgan fingerprint density at radius 1 is 1.33 bits per heavy atom. The van der Waals surface area contributed by atoms with Gasteiger partial charge in [-0.15, -0.1) is 0 Å². The van der Waals surface area contributed by atoms with Gasteiger partial charge in [-0.3, -0.25) is 0 Å². The smallest absolute Gasteiger partial charge is 0.337 e. The number of nitrogens with one attached hydrogen (secondary N) is 1. The zero-order chi connectivity index (χ0) is 13.1. The number of carboxylic acid groups (broad SMARTS) is 1. The van der Waals surface area contributed by atoms with Crippen molar-refractivity contribution in [3.63, 3.8) is 0 Å². The minimum Gasteiger partial charge on any atom is -0.478 e. The first-order valence-electron chi connectivity index (χ1n) is 4.97. The Labute approximate surface area is 117 Å². The summed E-state index contributed by atoms with van der Waals surface area (Å²) >= 11 is 9.26. The second-order valence-electron chi connectivity index (χ2n) is 3.49. The zero-order valence-electron chi connectivity index (χ0n) is 9.02. The highest BCUT2D eigenvalue weighted by molar-refractivity contribution is 9.10. The fourth-order valence-corrected chi connectivity index (χ4v) is 1.74. The molecule has 2 aromatic rings. The molecule has 0 saturated carbocycles. The maximum atomic E-state index is 10.7. The molecule has 0 unspecified atom stereocenters. The van der Waals surface area contributed by atoms with Crippen molar-refractivity contribution in [3.05, 3.63) is 51.6 Å². The van der Waals surface area contributed by atoms with Gasteiger partial charge in [0.05, 0.1) is 10.6 Å². The van der Waals surface area contributed by atoms with Crippen molar-refractivity contribution >= 4 is 45.0 Å². The van der Waals surface area contributed by atoms with Crippen molar-refractivity contribution in [2.75, 3.05) is 5.32 Å². The van der Waals surface area contributed by atoms with Crippen LogP contribution in [0.25, 0.3) is 0 Å². The van der Waals surface area contributed by atoms with Crippen molar-refractivity contribution in [1.29, 1.82) is 0 Å². The van der Waals surface area contributed by atoms with Crippen LogP contribution in [0.1, 0.15) is 10.4 Å². The summed E-state index contributed by atoms with van der Waals surface area (Å²) < 4.78 is 0.809. The number of benzene rings is 1. The minimum atomic E-state index is -0.999. The van der Waals surface area contributed by atoms with E-state index in [4.69, 9.17) is 16.7 Å². The molecule has 2 N–H and O–H groups in total. The van der Waals surface area contributed by atoms with Crippen LogP contribution >= 0.6 is 27.5 Å². The Bertz CT molecular complexity index is 587. The number of carboxylic acids is 1. The second-order valence-corrected chi connectivity index (χ2v) is 4.75. The van der Waals surface area contributed by atoms with Crippen LogP contribution in [-0.4, -0.2) is 16.1 Å². The maximum Gasteiger partial charge on any atom is 0.337 e. The van der Waals surface area contributed by atoms with Gasteiger partial charge in [-0.2, -0.15) is 0 Å². The average Bonchev–Trinajstić information content (AvgIpc) is 2.34. The second kappa shape index (κ2) is 5.37. The predicted molar refractivity (Wildman–Crippen MR) is 73.6 cm³/mol. The first-order chi connectivity index (χ1) is 8.56. The third-order valence-corrected chi connectivity index (χ3v) is 3.43. The molecule has 0 amide bonds. The molecule has 0 bridgehead atoms. The van der Waals surface area contributed by atoms with Crippen molar-refractivity contribution in [2.24, 2.45) is 0 Å². The van der Waals surface area contributed by atoms with E-state index in [0.29, 0.717) is 10.8 Å². The van der Waals surface area contributed by atoms with E-state index in [2.05, 4.69) is 26.2 Å². The van der Waals surface area contributed by atoms with Gasteiger partial charge in [0.15, 0.2) is 0 Å². The molecule has 1 aromatic carbocycles. The fraction of sp³-hybridized carbons (Fsp3) is 0. The van der Waals surface area contributed by atoms with Gasteiger partial charge in [-0.25, -0.2) is 9.78 Å². The third kappa shape index (κ3) is 3.00. The zero-order valence-corrected chi connectivity index (χ0v) is 11.4. The minimum absolute atomic E-state index is 0.148. The number of rotatable bonds is 3. The number of aromatic carboxylic acids is 1. The molecule has 0 spiro atoms. The highest BCUT2D eigenvalue weighted by Gasteiger charge is 2.04. The monoisotopic (exact) mass is 326 g/mol. The summed E-state index contributed by atoms with van der Waals surface area (Å²) in [5, 5.41) is 12.4. The van der Waals surface area contributed by atoms with Gasteiger partial charge >= 0.3 is 5.97 Å². The van der Waals surface area contributed by atoms with E-state index in [1.54, 1.807) is 12.1 Å². The van der Waals surface area contributed by atoms with Gasteiger partial charge in [0.2, 0.25) is 0 Å². The molecule has 0 saturated heterocycles. The average molecular weight is 328 g/mol. The number of nitrogens with zero attached hydrogens (tertiary/aromatic N) is 1. The summed E-state index contributed by atoms with van der Waals surface area (Å²) in [6.45, 7) is 0. The largest absolute Gasteiger partial charge is 0.478 e. The molecule has 18 heavy (non-hydrogen) atoms. The molecule has 0 radical (unpaired) electrons. The Hall–Kier alpha value is -1.59. The summed E-state index contributed by atoms with van der Waals surface area (Å²) in [6.07, 6.45) is 1.30. The quantitative estimate of drug-likeness (QED) is 0.896. The van der Waals surface area contributed by atoms with Crippen LogP contribution in [0, 0.1) is 0 Å². The topological polar surface area (TPSA) is 62.2 Å². The molecule has 2 rings (SSSR count). The van der Waals surface area contributed by atoms with Gasteiger partial charge in [-0.05, 0) is 46.3 Å². The summed E-state index contributed by atoms with van der Waals surface area (Å²) in [6, 6.07) is 8.48. The Morgan fingerprint density at radius 3 is 2.67 bits per heavy atom. The van der Waals surface area contributed by atoms with Crippen molar-refractivity contribution < 1.29 is 9.90 Å². The Balaban J connectivity index is 2.18. The van der Waals surface area contributed by atoms with Gasteiger partial charge in [0.1, 0.15) is 5.82 Å². The number of aromatic nitrogens is 1. The lowest BCUT2D eigenvalue weighted by molar-refractivity contribution is 0.0696. The van der Waals surface area contributed by atoms with Crippen LogP contribution in [0.15, 0.2) is 41.0 Å². The van der Waals surface area contributed by atoms with Crippen LogP contribution in [0.4, 0.5) is 11.5 Å². The van der Waals surface area contributed by atoms with Crippen LogP contribution in [0.3, 0.4) is 0 Å².